The first kappa shape index (κ1) is 18.9. The summed E-state index contributed by atoms with van der Waals surface area (Å²) in [7, 11) is 0. The molecule has 0 heterocycles. The van der Waals surface area contributed by atoms with Gasteiger partial charge in [-0.3, -0.25) is 4.79 Å². The standard InChI is InChI=1S/C17H25FN2O.ClH/c1-13(19)4-9-16(21)20-12-17(10-2-3-11-17)14-5-7-15(18)8-6-14;/h5-8,13H,2-4,9-12,19H2,1H3,(H,20,21);1H. The molecular weight excluding hydrogens is 303 g/mol. The minimum atomic E-state index is -0.215. The van der Waals surface area contributed by atoms with Crippen molar-refractivity contribution in [2.75, 3.05) is 6.54 Å². The number of benzene rings is 1. The molecule has 22 heavy (non-hydrogen) atoms. The minimum Gasteiger partial charge on any atom is -0.355 e. The second-order valence-corrected chi connectivity index (χ2v) is 6.29. The molecule has 2 rings (SSSR count). The summed E-state index contributed by atoms with van der Waals surface area (Å²) in [4.78, 5) is 11.9. The van der Waals surface area contributed by atoms with Crippen LogP contribution in [0.4, 0.5) is 4.39 Å². The number of carbonyl (C=O) groups is 1. The molecule has 1 aliphatic carbocycles. The molecule has 1 atom stereocenters. The van der Waals surface area contributed by atoms with Crippen LogP contribution in [0.25, 0.3) is 0 Å². The third-order valence-electron chi connectivity index (χ3n) is 4.47. The van der Waals surface area contributed by atoms with Crippen molar-refractivity contribution in [1.82, 2.24) is 5.32 Å². The van der Waals surface area contributed by atoms with Crippen LogP contribution in [0.15, 0.2) is 24.3 Å². The fourth-order valence-electron chi connectivity index (χ4n) is 3.14. The molecule has 0 saturated heterocycles. The maximum atomic E-state index is 13.1. The molecule has 0 bridgehead atoms. The Balaban J connectivity index is 0.00000242. The maximum absolute atomic E-state index is 13.1. The molecular formula is C17H26ClFN2O. The van der Waals surface area contributed by atoms with Crippen molar-refractivity contribution in [3.05, 3.63) is 35.6 Å². The van der Waals surface area contributed by atoms with E-state index in [4.69, 9.17) is 5.73 Å². The molecule has 0 radical (unpaired) electrons. The van der Waals surface area contributed by atoms with Crippen LogP contribution < -0.4 is 11.1 Å². The summed E-state index contributed by atoms with van der Waals surface area (Å²) >= 11 is 0. The number of amides is 1. The highest BCUT2D eigenvalue weighted by atomic mass is 35.5. The molecule has 1 aliphatic rings. The highest BCUT2D eigenvalue weighted by Gasteiger charge is 2.35. The zero-order valence-corrected chi connectivity index (χ0v) is 13.9. The van der Waals surface area contributed by atoms with E-state index in [-0.39, 0.29) is 35.6 Å². The van der Waals surface area contributed by atoms with Gasteiger partial charge in [0.2, 0.25) is 5.91 Å². The van der Waals surface area contributed by atoms with E-state index in [0.717, 1.165) is 31.2 Å². The lowest BCUT2D eigenvalue weighted by Crippen LogP contribution is -2.39. The molecule has 1 aromatic carbocycles. The molecule has 0 aromatic heterocycles. The third-order valence-corrected chi connectivity index (χ3v) is 4.47. The van der Waals surface area contributed by atoms with E-state index in [2.05, 4.69) is 5.32 Å². The van der Waals surface area contributed by atoms with Crippen molar-refractivity contribution >= 4 is 18.3 Å². The van der Waals surface area contributed by atoms with Crippen molar-refractivity contribution in [3.8, 4) is 0 Å². The number of carbonyl (C=O) groups excluding carboxylic acids is 1. The van der Waals surface area contributed by atoms with Crippen LogP contribution in [0.5, 0.6) is 0 Å². The van der Waals surface area contributed by atoms with E-state index in [1.165, 1.54) is 12.1 Å². The van der Waals surface area contributed by atoms with E-state index >= 15 is 0 Å². The van der Waals surface area contributed by atoms with Crippen molar-refractivity contribution in [2.24, 2.45) is 5.73 Å². The van der Waals surface area contributed by atoms with Gasteiger partial charge in [0, 0.05) is 24.4 Å². The van der Waals surface area contributed by atoms with Crippen LogP contribution in [-0.4, -0.2) is 18.5 Å². The predicted molar refractivity (Wildman–Crippen MR) is 89.7 cm³/mol. The largest absolute Gasteiger partial charge is 0.355 e. The van der Waals surface area contributed by atoms with Crippen LogP contribution in [0, 0.1) is 5.82 Å². The Morgan fingerprint density at radius 2 is 1.91 bits per heavy atom. The van der Waals surface area contributed by atoms with Crippen LogP contribution in [-0.2, 0) is 10.2 Å². The summed E-state index contributed by atoms with van der Waals surface area (Å²) < 4.78 is 13.1. The summed E-state index contributed by atoms with van der Waals surface area (Å²) in [5, 5.41) is 3.05. The first-order chi connectivity index (χ1) is 10.0. The molecule has 0 spiro atoms. The predicted octanol–water partition coefficient (Wildman–Crippen LogP) is 3.30. The summed E-state index contributed by atoms with van der Waals surface area (Å²) in [5.74, 6) is -0.159. The lowest BCUT2D eigenvalue weighted by Gasteiger charge is -2.30. The van der Waals surface area contributed by atoms with Gasteiger partial charge in [-0.2, -0.15) is 0 Å². The van der Waals surface area contributed by atoms with Gasteiger partial charge >= 0.3 is 0 Å². The Labute approximate surface area is 138 Å². The zero-order chi connectivity index (χ0) is 15.3. The first-order valence-corrected chi connectivity index (χ1v) is 7.80. The monoisotopic (exact) mass is 328 g/mol. The first-order valence-electron chi connectivity index (χ1n) is 7.80. The highest BCUT2D eigenvalue weighted by Crippen LogP contribution is 2.40. The normalized spacial score (nSPS) is 17.6. The van der Waals surface area contributed by atoms with Crippen molar-refractivity contribution in [2.45, 2.75) is 56.9 Å². The Morgan fingerprint density at radius 3 is 2.45 bits per heavy atom. The van der Waals surface area contributed by atoms with E-state index in [0.29, 0.717) is 19.4 Å². The number of nitrogens with two attached hydrogens (primary N) is 1. The molecule has 1 fully saturated rings. The molecule has 0 aliphatic heterocycles. The van der Waals surface area contributed by atoms with Gasteiger partial charge in [0.05, 0.1) is 0 Å². The van der Waals surface area contributed by atoms with E-state index in [1.54, 1.807) is 0 Å². The molecule has 5 heteroatoms. The third kappa shape index (κ3) is 4.96. The zero-order valence-electron chi connectivity index (χ0n) is 13.1. The molecule has 1 saturated carbocycles. The summed E-state index contributed by atoms with van der Waals surface area (Å²) in [5.41, 5.74) is 6.78. The topological polar surface area (TPSA) is 55.1 Å². The Hall–Kier alpha value is -1.13. The smallest absolute Gasteiger partial charge is 0.220 e. The number of halogens is 2. The SMILES string of the molecule is CC(N)CCC(=O)NCC1(c2ccc(F)cc2)CCCC1.Cl. The quantitative estimate of drug-likeness (QED) is 0.841. The van der Waals surface area contributed by atoms with Gasteiger partial charge in [-0.15, -0.1) is 12.4 Å². The molecule has 124 valence electrons. The Kier molecular flexibility index (Phi) is 7.30. The van der Waals surface area contributed by atoms with Crippen LogP contribution in [0.1, 0.15) is 51.0 Å². The van der Waals surface area contributed by atoms with E-state index < -0.39 is 0 Å². The fourth-order valence-corrected chi connectivity index (χ4v) is 3.14. The van der Waals surface area contributed by atoms with Gasteiger partial charge < -0.3 is 11.1 Å². The number of hydrogen-bond acceptors (Lipinski definition) is 2. The molecule has 1 aromatic rings. The average molecular weight is 329 g/mol. The van der Waals surface area contributed by atoms with Gasteiger partial charge in [0.15, 0.2) is 0 Å². The molecule has 3 nitrogen and oxygen atoms in total. The molecule has 1 amide bonds. The number of hydrogen-bond donors (Lipinski definition) is 2. The molecule has 1 unspecified atom stereocenters. The minimum absolute atomic E-state index is 0. The second kappa shape index (κ2) is 8.49. The lowest BCUT2D eigenvalue weighted by atomic mass is 9.78. The van der Waals surface area contributed by atoms with Crippen LogP contribution in [0.3, 0.4) is 0 Å². The van der Waals surface area contributed by atoms with E-state index in [9.17, 15) is 9.18 Å². The Morgan fingerprint density at radius 1 is 1.32 bits per heavy atom. The van der Waals surface area contributed by atoms with E-state index in [1.807, 2.05) is 19.1 Å². The fraction of sp³-hybridized carbons (Fsp3) is 0.588. The summed E-state index contributed by atoms with van der Waals surface area (Å²) in [6.45, 7) is 2.54. The van der Waals surface area contributed by atoms with Crippen molar-refractivity contribution in [1.29, 1.82) is 0 Å². The second-order valence-electron chi connectivity index (χ2n) is 6.29. The lowest BCUT2D eigenvalue weighted by molar-refractivity contribution is -0.121. The van der Waals surface area contributed by atoms with Crippen molar-refractivity contribution < 1.29 is 9.18 Å². The maximum Gasteiger partial charge on any atom is 0.220 e. The van der Waals surface area contributed by atoms with Gasteiger partial charge in [-0.1, -0.05) is 25.0 Å². The Bertz CT molecular complexity index is 470. The van der Waals surface area contributed by atoms with Gasteiger partial charge in [0.25, 0.3) is 0 Å². The van der Waals surface area contributed by atoms with Gasteiger partial charge in [-0.25, -0.2) is 4.39 Å². The molecule has 3 N–H and O–H groups in total. The van der Waals surface area contributed by atoms with Crippen LogP contribution >= 0.6 is 12.4 Å². The van der Waals surface area contributed by atoms with Crippen molar-refractivity contribution in [3.63, 3.8) is 0 Å². The number of nitrogens with one attached hydrogen (secondary N) is 1. The average Bonchev–Trinajstić information content (AvgIpc) is 2.93. The highest BCUT2D eigenvalue weighted by molar-refractivity contribution is 5.85. The van der Waals surface area contributed by atoms with Gasteiger partial charge in [0.1, 0.15) is 5.82 Å². The summed E-state index contributed by atoms with van der Waals surface area (Å²) in [6.07, 6.45) is 5.59. The number of rotatable bonds is 6. The van der Waals surface area contributed by atoms with Gasteiger partial charge in [-0.05, 0) is 43.9 Å². The van der Waals surface area contributed by atoms with Crippen LogP contribution in [0.2, 0.25) is 0 Å². The summed E-state index contributed by atoms with van der Waals surface area (Å²) in [6, 6.07) is 6.78.